The Morgan fingerprint density at radius 1 is 1.35 bits per heavy atom. The first-order valence-corrected chi connectivity index (χ1v) is 8.50. The smallest absolute Gasteiger partial charge is 0.309 e. The van der Waals surface area contributed by atoms with Crippen LogP contribution in [0.3, 0.4) is 0 Å². The minimum Gasteiger partial charge on any atom is -0.466 e. The molecule has 1 amide bonds. The molecule has 1 atom stereocenters. The van der Waals surface area contributed by atoms with Crippen LogP contribution in [0.15, 0.2) is 30.3 Å². The zero-order valence-electron chi connectivity index (χ0n) is 12.9. The fraction of sp³-hybridized carbons (Fsp3) is 0.353. The van der Waals surface area contributed by atoms with E-state index in [2.05, 4.69) is 10.3 Å². The van der Waals surface area contributed by atoms with Gasteiger partial charge in [0.2, 0.25) is 0 Å². The summed E-state index contributed by atoms with van der Waals surface area (Å²) < 4.78 is 5.10. The number of rotatable bonds is 4. The molecule has 0 radical (unpaired) electrons. The molecule has 0 bridgehead atoms. The van der Waals surface area contributed by atoms with Crippen molar-refractivity contribution in [1.82, 2.24) is 4.98 Å². The summed E-state index contributed by atoms with van der Waals surface area (Å²) in [4.78, 5) is 29.6. The van der Waals surface area contributed by atoms with Gasteiger partial charge in [0.1, 0.15) is 0 Å². The highest BCUT2D eigenvalue weighted by atomic mass is 32.1. The van der Waals surface area contributed by atoms with Gasteiger partial charge in [-0.25, -0.2) is 4.98 Å². The molecule has 1 aromatic heterocycles. The van der Waals surface area contributed by atoms with Crippen molar-refractivity contribution in [3.63, 3.8) is 0 Å². The van der Waals surface area contributed by atoms with Gasteiger partial charge in [-0.05, 0) is 38.3 Å². The van der Waals surface area contributed by atoms with E-state index < -0.39 is 0 Å². The Labute approximate surface area is 138 Å². The minimum absolute atomic E-state index is 0.0967. The zero-order chi connectivity index (χ0) is 16.2. The lowest BCUT2D eigenvalue weighted by molar-refractivity contribution is -0.148. The standard InChI is InChI=1S/C17H18N2O3S/c1-2-22-16(21)12-8-9-13-14(10-12)23-17(18-13)19-15(20)11-6-4-3-5-7-11/h3-7,12H,2,8-10H2,1H3,(H,18,19,20). The molecule has 1 aliphatic rings. The Kier molecular flexibility index (Phi) is 4.71. The number of thiazole rings is 1. The molecule has 120 valence electrons. The molecule has 5 nitrogen and oxygen atoms in total. The van der Waals surface area contributed by atoms with Crippen LogP contribution in [0.4, 0.5) is 5.13 Å². The number of aryl methyl sites for hydroxylation is 1. The van der Waals surface area contributed by atoms with E-state index >= 15 is 0 Å². The first-order chi connectivity index (χ1) is 11.2. The highest BCUT2D eigenvalue weighted by Gasteiger charge is 2.28. The normalized spacial score (nSPS) is 16.5. The second-order valence-electron chi connectivity index (χ2n) is 5.40. The van der Waals surface area contributed by atoms with Gasteiger partial charge in [-0.2, -0.15) is 0 Å². The number of ether oxygens (including phenoxy) is 1. The number of fused-ring (bicyclic) bond motifs is 1. The highest BCUT2D eigenvalue weighted by molar-refractivity contribution is 7.15. The van der Waals surface area contributed by atoms with Gasteiger partial charge in [-0.3, -0.25) is 14.9 Å². The van der Waals surface area contributed by atoms with Crippen LogP contribution in [0.5, 0.6) is 0 Å². The highest BCUT2D eigenvalue weighted by Crippen LogP contribution is 2.33. The number of carbonyl (C=O) groups is 2. The second-order valence-corrected chi connectivity index (χ2v) is 6.48. The molecule has 0 saturated heterocycles. The maximum Gasteiger partial charge on any atom is 0.309 e. The molecule has 0 fully saturated rings. The maximum absolute atomic E-state index is 12.2. The number of nitrogens with one attached hydrogen (secondary N) is 1. The van der Waals surface area contributed by atoms with Crippen LogP contribution in [0, 0.1) is 5.92 Å². The summed E-state index contributed by atoms with van der Waals surface area (Å²) in [6.07, 6.45) is 2.14. The van der Waals surface area contributed by atoms with Crippen molar-refractivity contribution in [1.29, 1.82) is 0 Å². The van der Waals surface area contributed by atoms with Crippen molar-refractivity contribution in [3.8, 4) is 0 Å². The van der Waals surface area contributed by atoms with Crippen LogP contribution in [-0.2, 0) is 22.4 Å². The summed E-state index contributed by atoms with van der Waals surface area (Å²) in [5, 5.41) is 3.43. The Hall–Kier alpha value is -2.21. The largest absolute Gasteiger partial charge is 0.466 e. The van der Waals surface area contributed by atoms with E-state index in [1.165, 1.54) is 11.3 Å². The van der Waals surface area contributed by atoms with Gasteiger partial charge in [0, 0.05) is 10.4 Å². The molecule has 1 N–H and O–H groups in total. The summed E-state index contributed by atoms with van der Waals surface area (Å²) in [6, 6.07) is 9.05. The third-order valence-electron chi connectivity index (χ3n) is 3.82. The minimum atomic E-state index is -0.168. The fourth-order valence-electron chi connectivity index (χ4n) is 2.65. The third kappa shape index (κ3) is 3.59. The molecule has 0 spiro atoms. The van der Waals surface area contributed by atoms with Gasteiger partial charge in [-0.15, -0.1) is 11.3 Å². The number of nitrogens with zero attached hydrogens (tertiary/aromatic N) is 1. The predicted octanol–water partition coefficient (Wildman–Crippen LogP) is 3.06. The lowest BCUT2D eigenvalue weighted by Crippen LogP contribution is -2.24. The third-order valence-corrected chi connectivity index (χ3v) is 4.85. The topological polar surface area (TPSA) is 68.3 Å². The lowest BCUT2D eigenvalue weighted by Gasteiger charge is -2.18. The summed E-state index contributed by atoms with van der Waals surface area (Å²) in [5.41, 5.74) is 1.59. The molecule has 1 heterocycles. The van der Waals surface area contributed by atoms with Crippen molar-refractivity contribution in [2.24, 2.45) is 5.92 Å². The fourth-order valence-corrected chi connectivity index (χ4v) is 3.73. The van der Waals surface area contributed by atoms with Gasteiger partial charge in [0.25, 0.3) is 5.91 Å². The number of hydrogen-bond donors (Lipinski definition) is 1. The van der Waals surface area contributed by atoms with E-state index in [1.807, 2.05) is 25.1 Å². The molecule has 2 aromatic rings. The Balaban J connectivity index is 1.69. The molecule has 0 saturated carbocycles. The van der Waals surface area contributed by atoms with Crippen molar-refractivity contribution >= 4 is 28.3 Å². The van der Waals surface area contributed by atoms with Crippen LogP contribution in [0.25, 0.3) is 0 Å². The van der Waals surface area contributed by atoms with E-state index in [0.29, 0.717) is 23.7 Å². The molecule has 6 heteroatoms. The quantitative estimate of drug-likeness (QED) is 0.875. The monoisotopic (exact) mass is 330 g/mol. The second kappa shape index (κ2) is 6.91. The molecule has 1 aromatic carbocycles. The Bertz CT molecular complexity index is 712. The van der Waals surface area contributed by atoms with Gasteiger partial charge < -0.3 is 4.74 Å². The van der Waals surface area contributed by atoms with E-state index in [1.54, 1.807) is 12.1 Å². The van der Waals surface area contributed by atoms with Crippen LogP contribution in [0.1, 0.15) is 34.3 Å². The SMILES string of the molecule is CCOC(=O)C1CCc2nc(NC(=O)c3ccccc3)sc2C1. The predicted molar refractivity (Wildman–Crippen MR) is 88.7 cm³/mol. The van der Waals surface area contributed by atoms with Crippen molar-refractivity contribution in [2.75, 3.05) is 11.9 Å². The Morgan fingerprint density at radius 3 is 2.87 bits per heavy atom. The van der Waals surface area contributed by atoms with Gasteiger partial charge in [0.05, 0.1) is 18.2 Å². The number of esters is 1. The lowest BCUT2D eigenvalue weighted by atomic mass is 9.91. The van der Waals surface area contributed by atoms with Crippen LogP contribution in [-0.4, -0.2) is 23.5 Å². The average Bonchev–Trinajstić information content (AvgIpc) is 2.97. The molecular weight excluding hydrogens is 312 g/mol. The number of anilines is 1. The van der Waals surface area contributed by atoms with Gasteiger partial charge in [-0.1, -0.05) is 18.2 Å². The van der Waals surface area contributed by atoms with Crippen molar-refractivity contribution in [2.45, 2.75) is 26.2 Å². The van der Waals surface area contributed by atoms with Crippen LogP contribution < -0.4 is 5.32 Å². The average molecular weight is 330 g/mol. The first-order valence-electron chi connectivity index (χ1n) is 7.69. The van der Waals surface area contributed by atoms with Gasteiger partial charge in [0.15, 0.2) is 5.13 Å². The zero-order valence-corrected chi connectivity index (χ0v) is 13.7. The van der Waals surface area contributed by atoms with E-state index in [0.717, 1.165) is 23.4 Å². The maximum atomic E-state index is 12.2. The van der Waals surface area contributed by atoms with Crippen molar-refractivity contribution < 1.29 is 14.3 Å². The molecule has 3 rings (SSSR count). The summed E-state index contributed by atoms with van der Waals surface area (Å²) in [6.45, 7) is 2.22. The number of benzene rings is 1. The first kappa shape index (κ1) is 15.7. The van der Waals surface area contributed by atoms with Gasteiger partial charge >= 0.3 is 5.97 Å². The molecule has 1 aliphatic carbocycles. The molecule has 0 aliphatic heterocycles. The number of aromatic nitrogens is 1. The number of amides is 1. The van der Waals surface area contributed by atoms with Crippen LogP contribution >= 0.6 is 11.3 Å². The van der Waals surface area contributed by atoms with Crippen LogP contribution in [0.2, 0.25) is 0 Å². The van der Waals surface area contributed by atoms with E-state index in [9.17, 15) is 9.59 Å². The molecule has 23 heavy (non-hydrogen) atoms. The summed E-state index contributed by atoms with van der Waals surface area (Å²) in [5.74, 6) is -0.402. The summed E-state index contributed by atoms with van der Waals surface area (Å²) in [7, 11) is 0. The van der Waals surface area contributed by atoms with E-state index in [-0.39, 0.29) is 17.8 Å². The number of carbonyl (C=O) groups excluding carboxylic acids is 2. The molecular formula is C17H18N2O3S. The Morgan fingerprint density at radius 2 is 2.13 bits per heavy atom. The van der Waals surface area contributed by atoms with E-state index in [4.69, 9.17) is 4.74 Å². The number of hydrogen-bond acceptors (Lipinski definition) is 5. The van der Waals surface area contributed by atoms with Crippen molar-refractivity contribution in [3.05, 3.63) is 46.5 Å². The summed E-state index contributed by atoms with van der Waals surface area (Å²) >= 11 is 1.45. The molecule has 1 unspecified atom stereocenters.